The van der Waals surface area contributed by atoms with Crippen molar-refractivity contribution in [2.75, 3.05) is 31.6 Å². The van der Waals surface area contributed by atoms with Gasteiger partial charge < -0.3 is 9.47 Å². The molecule has 0 unspecified atom stereocenters. The molecule has 0 spiro atoms. The molecule has 0 aliphatic heterocycles. The normalized spacial score (nSPS) is 11.3. The van der Waals surface area contributed by atoms with Gasteiger partial charge in [0, 0.05) is 18.5 Å². The number of carbonyl (C=O) groups is 1. The fraction of sp³-hybridized carbons (Fsp3) is 0.545. The maximum Gasteiger partial charge on any atom is 0.341 e. The molecule has 0 radical (unpaired) electrons. The van der Waals surface area contributed by atoms with E-state index in [4.69, 9.17) is 9.47 Å². The Morgan fingerprint density at radius 3 is 2.75 bits per heavy atom. The first-order chi connectivity index (χ1) is 9.39. The molecule has 0 saturated heterocycles. The molecule has 1 rings (SSSR count). The minimum atomic E-state index is -3.74. The van der Waals surface area contributed by atoms with Crippen LogP contribution in [0.3, 0.4) is 0 Å². The zero-order valence-electron chi connectivity index (χ0n) is 11.6. The second kappa shape index (κ2) is 7.58. The molecule has 114 valence electrons. The first-order valence-electron chi connectivity index (χ1n) is 5.93. The van der Waals surface area contributed by atoms with E-state index in [1.807, 2.05) is 0 Å². The van der Waals surface area contributed by atoms with Crippen molar-refractivity contribution in [2.45, 2.75) is 13.8 Å². The zero-order chi connectivity index (χ0) is 15.2. The minimum Gasteiger partial charge on any atom is -0.462 e. The van der Waals surface area contributed by atoms with Gasteiger partial charge in [0.2, 0.25) is 0 Å². The molecule has 1 aromatic heterocycles. The van der Waals surface area contributed by atoms with Crippen LogP contribution in [0.4, 0.5) is 5.00 Å². The SMILES string of the molecule is CCOC(=O)c1cc(C)sc1NS(=O)(=O)NCCOC. The van der Waals surface area contributed by atoms with Crippen LogP contribution in [0.25, 0.3) is 0 Å². The molecule has 0 aliphatic carbocycles. The van der Waals surface area contributed by atoms with E-state index in [-0.39, 0.29) is 30.3 Å². The number of rotatable bonds is 8. The summed E-state index contributed by atoms with van der Waals surface area (Å²) in [6.45, 7) is 4.10. The monoisotopic (exact) mass is 322 g/mol. The highest BCUT2D eigenvalue weighted by Gasteiger charge is 2.20. The zero-order valence-corrected chi connectivity index (χ0v) is 13.2. The summed E-state index contributed by atoms with van der Waals surface area (Å²) in [5, 5.41) is 0.242. The Morgan fingerprint density at radius 1 is 1.45 bits per heavy atom. The van der Waals surface area contributed by atoms with Gasteiger partial charge in [0.25, 0.3) is 10.2 Å². The highest BCUT2D eigenvalue weighted by molar-refractivity contribution is 7.91. The van der Waals surface area contributed by atoms with Gasteiger partial charge in [-0.15, -0.1) is 11.3 Å². The predicted molar refractivity (Wildman–Crippen MR) is 77.4 cm³/mol. The fourth-order valence-electron chi connectivity index (χ4n) is 1.39. The van der Waals surface area contributed by atoms with Crippen LogP contribution in [0.5, 0.6) is 0 Å². The molecule has 1 aromatic rings. The van der Waals surface area contributed by atoms with E-state index in [1.54, 1.807) is 19.9 Å². The Balaban J connectivity index is 2.84. The third-order valence-electron chi connectivity index (χ3n) is 2.18. The Hall–Kier alpha value is -1.16. The van der Waals surface area contributed by atoms with Crippen LogP contribution in [0.2, 0.25) is 0 Å². The molecule has 7 nitrogen and oxygen atoms in total. The van der Waals surface area contributed by atoms with E-state index in [0.29, 0.717) is 0 Å². The van der Waals surface area contributed by atoms with Crippen LogP contribution in [0.15, 0.2) is 6.07 Å². The minimum absolute atomic E-state index is 0.144. The predicted octanol–water partition coefficient (Wildman–Crippen LogP) is 1.13. The van der Waals surface area contributed by atoms with E-state index >= 15 is 0 Å². The lowest BCUT2D eigenvalue weighted by molar-refractivity contribution is 0.0528. The molecular weight excluding hydrogens is 304 g/mol. The van der Waals surface area contributed by atoms with Crippen LogP contribution in [-0.2, 0) is 19.7 Å². The Bertz CT molecular complexity index is 553. The van der Waals surface area contributed by atoms with Crippen LogP contribution < -0.4 is 9.44 Å². The second-order valence-electron chi connectivity index (χ2n) is 3.81. The molecule has 0 aliphatic rings. The molecule has 0 amide bonds. The summed E-state index contributed by atoms with van der Waals surface area (Å²) in [6, 6.07) is 1.59. The number of anilines is 1. The Labute approximate surface area is 122 Å². The summed E-state index contributed by atoms with van der Waals surface area (Å²) in [5.74, 6) is -0.550. The number of methoxy groups -OCH3 is 1. The molecule has 20 heavy (non-hydrogen) atoms. The first-order valence-corrected chi connectivity index (χ1v) is 8.23. The van der Waals surface area contributed by atoms with Crippen LogP contribution >= 0.6 is 11.3 Å². The number of esters is 1. The van der Waals surface area contributed by atoms with Gasteiger partial charge in [-0.2, -0.15) is 13.1 Å². The Kier molecular flexibility index (Phi) is 6.40. The summed E-state index contributed by atoms with van der Waals surface area (Å²) in [7, 11) is -2.27. The molecule has 0 saturated carbocycles. The smallest absolute Gasteiger partial charge is 0.341 e. The van der Waals surface area contributed by atoms with Gasteiger partial charge in [-0.3, -0.25) is 4.72 Å². The fourth-order valence-corrected chi connectivity index (χ4v) is 3.41. The van der Waals surface area contributed by atoms with Crippen molar-refractivity contribution in [3.05, 3.63) is 16.5 Å². The quantitative estimate of drug-likeness (QED) is 0.553. The number of hydrogen-bond donors (Lipinski definition) is 2. The standard InChI is InChI=1S/C11H18N2O5S2/c1-4-18-11(14)9-7-8(2)19-10(9)13-20(15,16)12-5-6-17-3/h7,12-13H,4-6H2,1-3H3. The lowest BCUT2D eigenvalue weighted by Gasteiger charge is -2.09. The van der Waals surface area contributed by atoms with E-state index in [2.05, 4.69) is 9.44 Å². The van der Waals surface area contributed by atoms with Gasteiger partial charge >= 0.3 is 5.97 Å². The number of hydrogen-bond acceptors (Lipinski definition) is 6. The maximum atomic E-state index is 11.8. The van der Waals surface area contributed by atoms with E-state index in [0.717, 1.165) is 4.88 Å². The summed E-state index contributed by atoms with van der Waals surface area (Å²) >= 11 is 1.17. The number of thiophene rings is 1. The lowest BCUT2D eigenvalue weighted by Crippen LogP contribution is -2.32. The molecule has 0 atom stereocenters. The molecule has 0 bridgehead atoms. The molecule has 1 heterocycles. The number of nitrogens with one attached hydrogen (secondary N) is 2. The second-order valence-corrected chi connectivity index (χ2v) is 6.57. The summed E-state index contributed by atoms with van der Waals surface area (Å²) < 4.78 is 37.9. The first kappa shape index (κ1) is 16.9. The third kappa shape index (κ3) is 5.08. The number of carbonyl (C=O) groups excluding carboxylic acids is 1. The van der Waals surface area contributed by atoms with Crippen molar-refractivity contribution >= 4 is 32.5 Å². The molecular formula is C11H18N2O5S2. The van der Waals surface area contributed by atoms with Crippen LogP contribution in [0.1, 0.15) is 22.2 Å². The van der Waals surface area contributed by atoms with Crippen molar-refractivity contribution in [3.63, 3.8) is 0 Å². The van der Waals surface area contributed by atoms with Gasteiger partial charge in [0.1, 0.15) is 5.00 Å². The molecule has 2 N–H and O–H groups in total. The van der Waals surface area contributed by atoms with Crippen molar-refractivity contribution in [3.8, 4) is 0 Å². The van der Waals surface area contributed by atoms with Gasteiger partial charge in [-0.05, 0) is 19.9 Å². The summed E-state index contributed by atoms with van der Waals surface area (Å²) in [5.41, 5.74) is 0.214. The highest BCUT2D eigenvalue weighted by Crippen LogP contribution is 2.28. The molecule has 0 aromatic carbocycles. The van der Waals surface area contributed by atoms with Gasteiger partial charge in [-0.25, -0.2) is 4.79 Å². The lowest BCUT2D eigenvalue weighted by atomic mass is 10.3. The topological polar surface area (TPSA) is 93.7 Å². The average molecular weight is 322 g/mol. The molecule has 9 heteroatoms. The van der Waals surface area contributed by atoms with Crippen molar-refractivity contribution < 1.29 is 22.7 Å². The van der Waals surface area contributed by atoms with E-state index in [9.17, 15) is 13.2 Å². The van der Waals surface area contributed by atoms with Crippen molar-refractivity contribution in [1.29, 1.82) is 0 Å². The number of ether oxygens (including phenoxy) is 2. The van der Waals surface area contributed by atoms with Gasteiger partial charge in [0.15, 0.2) is 0 Å². The average Bonchev–Trinajstić information content (AvgIpc) is 2.70. The number of aryl methyl sites for hydroxylation is 1. The van der Waals surface area contributed by atoms with Crippen molar-refractivity contribution in [1.82, 2.24) is 4.72 Å². The van der Waals surface area contributed by atoms with Crippen molar-refractivity contribution in [2.24, 2.45) is 0 Å². The van der Waals surface area contributed by atoms with Crippen LogP contribution in [0, 0.1) is 6.92 Å². The largest absolute Gasteiger partial charge is 0.462 e. The Morgan fingerprint density at radius 2 is 2.15 bits per heavy atom. The highest BCUT2D eigenvalue weighted by atomic mass is 32.2. The summed E-state index contributed by atoms with van der Waals surface area (Å²) in [4.78, 5) is 12.5. The van der Waals surface area contributed by atoms with Crippen LogP contribution in [-0.4, -0.2) is 41.3 Å². The third-order valence-corrected chi connectivity index (χ3v) is 4.33. The maximum absolute atomic E-state index is 11.8. The van der Waals surface area contributed by atoms with E-state index < -0.39 is 16.2 Å². The summed E-state index contributed by atoms with van der Waals surface area (Å²) in [6.07, 6.45) is 0. The van der Waals surface area contributed by atoms with Gasteiger partial charge in [0.05, 0.1) is 18.8 Å². The van der Waals surface area contributed by atoms with E-state index in [1.165, 1.54) is 18.4 Å². The van der Waals surface area contributed by atoms with Gasteiger partial charge in [-0.1, -0.05) is 0 Å². The molecule has 0 fully saturated rings.